The smallest absolute Gasteiger partial charge is 0.336 e. The first kappa shape index (κ1) is 25.2. The number of hydrogen-bond acceptors (Lipinski definition) is 6. The highest BCUT2D eigenvalue weighted by Gasteiger charge is 2.34. The highest BCUT2D eigenvalue weighted by atomic mass is 16.5. The van der Waals surface area contributed by atoms with Crippen molar-refractivity contribution in [1.82, 2.24) is 4.90 Å². The minimum Gasteiger partial charge on any atom is -0.493 e. The van der Waals surface area contributed by atoms with Gasteiger partial charge < -0.3 is 23.5 Å². The summed E-state index contributed by atoms with van der Waals surface area (Å²) in [5.41, 5.74) is 3.11. The van der Waals surface area contributed by atoms with E-state index in [4.69, 9.17) is 18.6 Å². The Balaban J connectivity index is 1.44. The Morgan fingerprint density at radius 1 is 1.03 bits per heavy atom. The van der Waals surface area contributed by atoms with Gasteiger partial charge in [-0.3, -0.25) is 4.79 Å². The van der Waals surface area contributed by atoms with Crippen LogP contribution in [0.2, 0.25) is 0 Å². The number of methoxy groups -OCH3 is 2. The zero-order valence-corrected chi connectivity index (χ0v) is 21.9. The molecule has 1 atom stereocenters. The minimum absolute atomic E-state index is 0.182. The van der Waals surface area contributed by atoms with Crippen molar-refractivity contribution in [3.05, 3.63) is 63.5 Å². The third kappa shape index (κ3) is 5.31. The fourth-order valence-corrected chi connectivity index (χ4v) is 5.83. The number of carbonyl (C=O) groups is 1. The Bertz CT molecular complexity index is 1340. The molecule has 0 spiro atoms. The zero-order chi connectivity index (χ0) is 25.9. The number of ether oxygens (including phenoxy) is 3. The van der Waals surface area contributed by atoms with Crippen molar-refractivity contribution in [3.63, 3.8) is 0 Å². The fraction of sp³-hybridized carbons (Fsp3) is 0.467. The third-order valence-corrected chi connectivity index (χ3v) is 7.84. The largest absolute Gasteiger partial charge is 0.493 e. The maximum atomic E-state index is 13.6. The Morgan fingerprint density at radius 2 is 1.78 bits per heavy atom. The van der Waals surface area contributed by atoms with E-state index < -0.39 is 0 Å². The van der Waals surface area contributed by atoms with Gasteiger partial charge in [0.2, 0.25) is 5.91 Å². The highest BCUT2D eigenvalue weighted by molar-refractivity contribution is 5.81. The fourth-order valence-electron chi connectivity index (χ4n) is 5.83. The SMILES string of the molecule is COc1cc2c(cc1OC)[C@@H](COc1ccc3c(C)cc(=O)oc3c1)N(C(=O)CC1CCCCC1)CC2. The van der Waals surface area contributed by atoms with Crippen molar-refractivity contribution in [3.8, 4) is 17.2 Å². The molecule has 1 aromatic heterocycles. The van der Waals surface area contributed by atoms with Crippen molar-refractivity contribution in [2.75, 3.05) is 27.4 Å². The van der Waals surface area contributed by atoms with Gasteiger partial charge >= 0.3 is 5.63 Å². The topological polar surface area (TPSA) is 78.2 Å². The van der Waals surface area contributed by atoms with Gasteiger partial charge in [0.15, 0.2) is 11.5 Å². The molecule has 5 rings (SSSR count). The van der Waals surface area contributed by atoms with Crippen molar-refractivity contribution in [1.29, 1.82) is 0 Å². The van der Waals surface area contributed by atoms with Crippen LogP contribution in [-0.4, -0.2) is 38.2 Å². The summed E-state index contributed by atoms with van der Waals surface area (Å²) in [7, 11) is 3.25. The molecule has 2 heterocycles. The molecule has 0 unspecified atom stereocenters. The molecule has 0 N–H and O–H groups in total. The first-order valence-electron chi connectivity index (χ1n) is 13.2. The molecule has 7 nitrogen and oxygen atoms in total. The summed E-state index contributed by atoms with van der Waals surface area (Å²) in [6.07, 6.45) is 7.28. The number of hydrogen-bond donors (Lipinski definition) is 0. The van der Waals surface area contributed by atoms with E-state index in [0.29, 0.717) is 41.7 Å². The lowest BCUT2D eigenvalue weighted by Crippen LogP contribution is -2.43. The molecule has 3 aromatic rings. The van der Waals surface area contributed by atoms with E-state index in [2.05, 4.69) is 0 Å². The molecule has 1 fully saturated rings. The maximum absolute atomic E-state index is 13.6. The van der Waals surface area contributed by atoms with Crippen molar-refractivity contribution < 1.29 is 23.4 Å². The number of carbonyl (C=O) groups excluding carboxylic acids is 1. The molecule has 1 aliphatic carbocycles. The van der Waals surface area contributed by atoms with Gasteiger partial charge in [0.05, 0.1) is 20.3 Å². The van der Waals surface area contributed by atoms with Gasteiger partial charge in [-0.15, -0.1) is 0 Å². The lowest BCUT2D eigenvalue weighted by atomic mass is 9.85. The normalized spacial score (nSPS) is 17.9. The zero-order valence-electron chi connectivity index (χ0n) is 21.9. The number of aryl methyl sites for hydroxylation is 1. The van der Waals surface area contributed by atoms with Gasteiger partial charge in [-0.05, 0) is 73.1 Å². The molecule has 1 amide bonds. The van der Waals surface area contributed by atoms with Crippen LogP contribution in [0, 0.1) is 12.8 Å². The molecule has 1 saturated carbocycles. The lowest BCUT2D eigenvalue weighted by Gasteiger charge is -2.38. The van der Waals surface area contributed by atoms with Crippen LogP contribution in [-0.2, 0) is 11.2 Å². The van der Waals surface area contributed by atoms with E-state index in [1.54, 1.807) is 20.3 Å². The van der Waals surface area contributed by atoms with Gasteiger partial charge in [-0.2, -0.15) is 0 Å². The Kier molecular flexibility index (Phi) is 7.40. The molecule has 0 bridgehead atoms. The summed E-state index contributed by atoms with van der Waals surface area (Å²) < 4.78 is 22.8. The second kappa shape index (κ2) is 10.9. The second-order valence-corrected chi connectivity index (χ2v) is 10.2. The van der Waals surface area contributed by atoms with E-state index in [0.717, 1.165) is 41.3 Å². The predicted molar refractivity (Wildman–Crippen MR) is 142 cm³/mol. The second-order valence-electron chi connectivity index (χ2n) is 10.2. The molecular weight excluding hydrogens is 470 g/mol. The summed E-state index contributed by atoms with van der Waals surface area (Å²) in [6, 6.07) is 10.7. The molecule has 1 aliphatic heterocycles. The first-order valence-corrected chi connectivity index (χ1v) is 13.2. The number of benzene rings is 2. The van der Waals surface area contributed by atoms with Gasteiger partial charge in [0.25, 0.3) is 0 Å². The van der Waals surface area contributed by atoms with Crippen LogP contribution in [0.15, 0.2) is 45.6 Å². The van der Waals surface area contributed by atoms with Crippen molar-refractivity contribution in [2.45, 2.75) is 57.9 Å². The summed E-state index contributed by atoms with van der Waals surface area (Å²) in [4.78, 5) is 27.4. The van der Waals surface area contributed by atoms with Crippen molar-refractivity contribution >= 4 is 16.9 Å². The molecular formula is C30H35NO6. The molecule has 2 aromatic carbocycles. The predicted octanol–water partition coefficient (Wildman–Crippen LogP) is 5.59. The minimum atomic E-state index is -0.385. The summed E-state index contributed by atoms with van der Waals surface area (Å²) >= 11 is 0. The van der Waals surface area contributed by atoms with E-state index in [1.165, 1.54) is 25.3 Å². The van der Waals surface area contributed by atoms with E-state index in [1.807, 2.05) is 36.1 Å². The van der Waals surface area contributed by atoms with Crippen LogP contribution in [0.4, 0.5) is 0 Å². The Hall–Kier alpha value is -3.48. The van der Waals surface area contributed by atoms with Crippen LogP contribution in [0.25, 0.3) is 11.0 Å². The average Bonchev–Trinajstić information content (AvgIpc) is 2.90. The Morgan fingerprint density at radius 3 is 2.54 bits per heavy atom. The van der Waals surface area contributed by atoms with Gasteiger partial charge in [0.1, 0.15) is 17.9 Å². The van der Waals surface area contributed by atoms with E-state index in [9.17, 15) is 9.59 Å². The Labute approximate surface area is 217 Å². The molecule has 0 radical (unpaired) electrons. The quantitative estimate of drug-likeness (QED) is 0.389. The number of nitrogens with zero attached hydrogens (tertiary/aromatic N) is 1. The van der Waals surface area contributed by atoms with Crippen LogP contribution in [0.3, 0.4) is 0 Å². The molecule has 0 saturated heterocycles. The summed E-state index contributed by atoms with van der Waals surface area (Å²) in [6.45, 7) is 2.80. The number of fused-ring (bicyclic) bond motifs is 2. The van der Waals surface area contributed by atoms with Crippen LogP contribution in [0.5, 0.6) is 17.2 Å². The van der Waals surface area contributed by atoms with Gasteiger partial charge in [-0.1, -0.05) is 19.3 Å². The molecule has 37 heavy (non-hydrogen) atoms. The monoisotopic (exact) mass is 505 g/mol. The number of amides is 1. The van der Waals surface area contributed by atoms with Crippen LogP contribution < -0.4 is 19.8 Å². The summed E-state index contributed by atoms with van der Waals surface area (Å²) in [5, 5.41) is 0.871. The van der Waals surface area contributed by atoms with E-state index in [-0.39, 0.29) is 24.2 Å². The third-order valence-electron chi connectivity index (χ3n) is 7.84. The summed E-state index contributed by atoms with van der Waals surface area (Å²) in [5.74, 6) is 2.55. The van der Waals surface area contributed by atoms with Crippen LogP contribution >= 0.6 is 0 Å². The first-order chi connectivity index (χ1) is 18.0. The van der Waals surface area contributed by atoms with Crippen molar-refractivity contribution in [2.24, 2.45) is 5.92 Å². The maximum Gasteiger partial charge on any atom is 0.336 e. The van der Waals surface area contributed by atoms with Gasteiger partial charge in [-0.25, -0.2) is 4.79 Å². The molecule has 2 aliphatic rings. The van der Waals surface area contributed by atoms with E-state index >= 15 is 0 Å². The molecule has 7 heteroatoms. The average molecular weight is 506 g/mol. The number of rotatable bonds is 7. The lowest BCUT2D eigenvalue weighted by molar-refractivity contribution is -0.136. The standard InChI is InChI=1S/C30H35NO6/c1-19-13-30(33)37-26-16-22(9-10-23(19)26)36-18-25-24-17-28(35-3)27(34-2)15-21(24)11-12-31(25)29(32)14-20-7-5-4-6-8-20/h9-10,13,15-17,20,25H,4-8,11-12,14,18H2,1-3H3/t25-/m1/s1. The van der Waals surface area contributed by atoms with Crippen LogP contribution in [0.1, 0.15) is 61.3 Å². The van der Waals surface area contributed by atoms with Gasteiger partial charge in [0, 0.05) is 30.5 Å². The highest BCUT2D eigenvalue weighted by Crippen LogP contribution is 2.39. The molecule has 196 valence electrons.